The number of hydrogen-bond acceptors (Lipinski definition) is 11. The molecule has 2 aromatic rings. The Hall–Kier alpha value is -7.31. The summed E-state index contributed by atoms with van der Waals surface area (Å²) in [6, 6.07) is 2.41. The molecular weight excluding hydrogens is 1170 g/mol. The fourth-order valence-corrected chi connectivity index (χ4v) is 10.1. The molecule has 1 saturated heterocycles. The Balaban J connectivity index is 2.19. The predicted octanol–water partition coefficient (Wildman–Crippen LogP) is 4.15. The van der Waals surface area contributed by atoms with Crippen LogP contribution < -0.4 is 21.3 Å². The van der Waals surface area contributed by atoms with E-state index in [1.165, 1.54) is 92.0 Å². The number of amides is 11. The van der Waals surface area contributed by atoms with Crippen molar-refractivity contribution in [3.8, 4) is 0 Å². The quantitative estimate of drug-likeness (QED) is 0.249. The average Bonchev–Trinajstić information content (AvgIpc) is 3.63. The van der Waals surface area contributed by atoms with Gasteiger partial charge in [0, 0.05) is 73.2 Å². The molecule has 2 aromatic carbocycles. The van der Waals surface area contributed by atoms with Crippen LogP contribution in [0.15, 0.2) is 48.5 Å². The minimum atomic E-state index is -4.63. The highest BCUT2D eigenvalue weighted by molar-refractivity contribution is 6.30. The highest BCUT2D eigenvalue weighted by Crippen LogP contribution is 2.30. The Bertz CT molecular complexity index is 2800. The second-order valence-electron chi connectivity index (χ2n) is 24.8. The van der Waals surface area contributed by atoms with Crippen molar-refractivity contribution in [3.63, 3.8) is 0 Å². The summed E-state index contributed by atoms with van der Waals surface area (Å²) in [5, 5.41) is 11.4. The highest BCUT2D eigenvalue weighted by atomic mass is 35.5. The van der Waals surface area contributed by atoms with E-state index in [-0.39, 0.29) is 50.4 Å². The highest BCUT2D eigenvalue weighted by Gasteiger charge is 2.42. The molecule has 0 bridgehead atoms. The van der Waals surface area contributed by atoms with Crippen LogP contribution in [0.5, 0.6) is 0 Å². The molecule has 1 aliphatic heterocycles. The smallest absolute Gasteiger partial charge is 0.351 e. The molecule has 8 atom stereocenters. The van der Waals surface area contributed by atoms with E-state index in [4.69, 9.17) is 11.6 Å². The number of benzene rings is 2. The molecule has 0 spiro atoms. The van der Waals surface area contributed by atoms with Gasteiger partial charge in [-0.2, -0.15) is 13.2 Å². The van der Waals surface area contributed by atoms with Gasteiger partial charge in [0.2, 0.25) is 65.0 Å². The summed E-state index contributed by atoms with van der Waals surface area (Å²) < 4.78 is 40.7. The average molecular weight is 1260 g/mol. The first-order chi connectivity index (χ1) is 40.7. The van der Waals surface area contributed by atoms with Crippen LogP contribution in [0.2, 0.25) is 5.02 Å². The molecule has 0 aromatic heterocycles. The first-order valence-corrected chi connectivity index (χ1v) is 30.0. The number of carbonyl (C=O) groups excluding carboxylic acids is 11. The van der Waals surface area contributed by atoms with Gasteiger partial charge in [0.25, 0.3) is 0 Å². The second kappa shape index (κ2) is 32.8. The SMILES string of the molecule is CCC(C)[C@@H]1NC(=O)[C@H](C)N(C)C(=O)C[C@@H](C)NC(=O)[C@H](CC(C)C)N(C)C(=O)C(C)(C)NC(=O)[C@H](CC(C)C)N(C)C(=O)[C@H](CCc2ccc(C(F)(F)F)cc2)NC(=O)CN(C)C(=O)[C@H](Cc2ccc(Cl)cc2)N(C)C(=O)CN(C)C(=O)CN(C)C1=O. The third-order valence-corrected chi connectivity index (χ3v) is 16.2. The van der Waals surface area contributed by atoms with Crippen LogP contribution in [0.25, 0.3) is 0 Å². The molecule has 0 saturated carbocycles. The Morgan fingerprint density at radius 2 is 1.10 bits per heavy atom. The zero-order chi connectivity index (χ0) is 67.0. The monoisotopic (exact) mass is 1260 g/mol. The summed E-state index contributed by atoms with van der Waals surface area (Å²) in [6.07, 6.45) is -4.64. The molecule has 88 heavy (non-hydrogen) atoms. The van der Waals surface area contributed by atoms with E-state index in [9.17, 15) is 65.9 Å². The van der Waals surface area contributed by atoms with Gasteiger partial charge < -0.3 is 55.6 Å². The maximum atomic E-state index is 14.9. The standard InChI is InChI=1S/C62H93ClF3N11O11/c1-18-38(6)53-59(87)73(13)34-51(80)71(11)35-52(81)75(15)48(32-42-21-26-44(63)27-22-42)58(86)72(12)33-49(78)68-45(28-23-41-19-24-43(25-20-41)62(64,65)66)57(85)76(16)47(30-37(4)5)56(84)70-61(9,10)60(88)77(17)46(29-36(2)3)55(83)67-39(7)31-50(79)74(14)40(8)54(82)69-53/h19-22,24-27,36-40,45-48,53H,18,23,28-35H2,1-17H3,(H,67,83)(H,68,78)(H,69,82)(H,70,84)/t38?,39-,40+,45+,46+,47+,48+,53+/m1/s1. The van der Waals surface area contributed by atoms with Crippen molar-refractivity contribution in [3.05, 3.63) is 70.2 Å². The third kappa shape index (κ3) is 21.5. The van der Waals surface area contributed by atoms with E-state index in [1.807, 2.05) is 13.8 Å². The maximum Gasteiger partial charge on any atom is 0.416 e. The first-order valence-electron chi connectivity index (χ1n) is 29.6. The van der Waals surface area contributed by atoms with Crippen LogP contribution in [0.4, 0.5) is 13.2 Å². The Morgan fingerprint density at radius 3 is 1.64 bits per heavy atom. The predicted molar refractivity (Wildman–Crippen MR) is 326 cm³/mol. The van der Waals surface area contributed by atoms with Gasteiger partial charge in [-0.3, -0.25) is 52.7 Å². The van der Waals surface area contributed by atoms with Crippen LogP contribution in [0.1, 0.15) is 118 Å². The van der Waals surface area contributed by atoms with Crippen molar-refractivity contribution in [2.45, 2.75) is 168 Å². The molecule has 4 N–H and O–H groups in total. The minimum Gasteiger partial charge on any atom is -0.351 e. The van der Waals surface area contributed by atoms with E-state index < -0.39 is 150 Å². The number of alkyl halides is 3. The summed E-state index contributed by atoms with van der Waals surface area (Å²) >= 11 is 6.19. The zero-order valence-corrected chi connectivity index (χ0v) is 54.9. The molecule has 3 rings (SSSR count). The normalized spacial score (nSPS) is 24.0. The number of rotatable bonds is 11. The molecule has 11 amide bonds. The van der Waals surface area contributed by atoms with Crippen molar-refractivity contribution >= 4 is 76.6 Å². The fraction of sp³-hybridized carbons (Fsp3) is 0.629. The molecule has 1 heterocycles. The van der Waals surface area contributed by atoms with Gasteiger partial charge in [-0.1, -0.05) is 83.8 Å². The summed E-state index contributed by atoms with van der Waals surface area (Å²) in [4.78, 5) is 165. The van der Waals surface area contributed by atoms with Crippen LogP contribution in [-0.4, -0.2) is 216 Å². The summed E-state index contributed by atoms with van der Waals surface area (Å²) in [6.45, 7) is 14.9. The Labute approximate surface area is 521 Å². The molecule has 490 valence electrons. The van der Waals surface area contributed by atoms with Crippen LogP contribution >= 0.6 is 11.6 Å². The van der Waals surface area contributed by atoms with Gasteiger partial charge >= 0.3 is 6.18 Å². The lowest BCUT2D eigenvalue weighted by Gasteiger charge is -2.38. The van der Waals surface area contributed by atoms with Gasteiger partial charge in [-0.05, 0) is 107 Å². The van der Waals surface area contributed by atoms with E-state index in [0.29, 0.717) is 22.6 Å². The van der Waals surface area contributed by atoms with E-state index >= 15 is 0 Å². The minimum absolute atomic E-state index is 0.0408. The zero-order valence-electron chi connectivity index (χ0n) is 54.1. The van der Waals surface area contributed by atoms with Crippen molar-refractivity contribution in [2.75, 3.05) is 69.0 Å². The Kier molecular flexibility index (Phi) is 27.9. The van der Waals surface area contributed by atoms with Crippen molar-refractivity contribution < 1.29 is 65.9 Å². The lowest BCUT2D eigenvalue weighted by atomic mass is 9.95. The molecule has 22 nitrogen and oxygen atoms in total. The summed E-state index contributed by atoms with van der Waals surface area (Å²) in [7, 11) is 9.47. The van der Waals surface area contributed by atoms with Gasteiger partial charge in [-0.25, -0.2) is 0 Å². The number of aryl methyl sites for hydroxylation is 1. The second-order valence-corrected chi connectivity index (χ2v) is 25.2. The number of carbonyl (C=O) groups is 11. The first kappa shape index (κ1) is 74.9. The van der Waals surface area contributed by atoms with Crippen molar-refractivity contribution in [1.82, 2.24) is 55.6 Å². The fourth-order valence-electron chi connectivity index (χ4n) is 10.0. The van der Waals surface area contributed by atoms with E-state index in [0.717, 1.165) is 36.6 Å². The van der Waals surface area contributed by atoms with Gasteiger partial charge in [0.15, 0.2) is 0 Å². The van der Waals surface area contributed by atoms with E-state index in [1.54, 1.807) is 58.9 Å². The number of halogens is 4. The summed E-state index contributed by atoms with van der Waals surface area (Å²) in [5.41, 5.74) is -1.70. The molecule has 0 aliphatic carbocycles. The van der Waals surface area contributed by atoms with Gasteiger partial charge in [0.05, 0.1) is 25.2 Å². The molecule has 26 heteroatoms. The molecule has 1 fully saturated rings. The van der Waals surface area contributed by atoms with Crippen molar-refractivity contribution in [1.29, 1.82) is 0 Å². The van der Waals surface area contributed by atoms with Crippen LogP contribution in [-0.2, 0) is 71.8 Å². The topological polar surface area (TPSA) is 259 Å². The lowest BCUT2D eigenvalue weighted by Crippen LogP contribution is -2.63. The summed E-state index contributed by atoms with van der Waals surface area (Å²) in [5.74, 6) is -8.57. The van der Waals surface area contributed by atoms with Gasteiger partial charge in [0.1, 0.15) is 41.8 Å². The van der Waals surface area contributed by atoms with E-state index in [2.05, 4.69) is 21.3 Å². The molecular formula is C62H93ClF3N11O11. The molecule has 0 radical (unpaired) electrons. The maximum absolute atomic E-state index is 14.9. The lowest BCUT2D eigenvalue weighted by molar-refractivity contribution is -0.149. The molecule has 1 aliphatic rings. The third-order valence-electron chi connectivity index (χ3n) is 16.0. The number of hydrogen-bond donors (Lipinski definition) is 4. The number of likely N-dealkylation sites (N-methyl/N-ethyl adjacent to an activating group) is 7. The Morgan fingerprint density at radius 1 is 0.580 bits per heavy atom. The molecule has 1 unspecified atom stereocenters. The number of nitrogens with one attached hydrogen (secondary N) is 4. The van der Waals surface area contributed by atoms with Gasteiger partial charge in [-0.15, -0.1) is 0 Å². The van der Waals surface area contributed by atoms with Crippen LogP contribution in [0, 0.1) is 17.8 Å². The van der Waals surface area contributed by atoms with Crippen LogP contribution in [0.3, 0.4) is 0 Å². The van der Waals surface area contributed by atoms with Crippen molar-refractivity contribution in [2.24, 2.45) is 17.8 Å². The largest absolute Gasteiger partial charge is 0.416 e. The number of nitrogens with zero attached hydrogens (tertiary/aromatic N) is 7.